The van der Waals surface area contributed by atoms with Crippen LogP contribution in [0.1, 0.15) is 16.7 Å². The molecule has 0 fully saturated rings. The number of para-hydroxylation sites is 1. The van der Waals surface area contributed by atoms with Gasteiger partial charge in [-0.1, -0.05) is 41.5 Å². The van der Waals surface area contributed by atoms with Gasteiger partial charge in [0.25, 0.3) is 0 Å². The maximum Gasteiger partial charge on any atom is 0.130 e. The zero-order chi connectivity index (χ0) is 14.8. The van der Waals surface area contributed by atoms with Crippen LogP contribution in [0.25, 0.3) is 21.6 Å². The van der Waals surface area contributed by atoms with E-state index in [1.165, 1.54) is 22.3 Å². The minimum absolute atomic E-state index is 0.0543. The molecule has 1 unspecified atom stereocenters. The van der Waals surface area contributed by atoms with Gasteiger partial charge in [-0.25, -0.2) is 0 Å². The highest BCUT2D eigenvalue weighted by atomic mass is 16.5. The summed E-state index contributed by atoms with van der Waals surface area (Å²) in [4.78, 5) is 2.82. The second-order valence-corrected chi connectivity index (χ2v) is 5.42. The van der Waals surface area contributed by atoms with Crippen LogP contribution in [0.4, 0.5) is 0 Å². The molecular weight excluding hydrogens is 262 g/mol. The van der Waals surface area contributed by atoms with Crippen LogP contribution in [-0.4, -0.2) is 12.6 Å². The van der Waals surface area contributed by atoms with E-state index in [4.69, 9.17) is 10.3 Å². The van der Waals surface area contributed by atoms with Gasteiger partial charge < -0.3 is 4.74 Å². The van der Waals surface area contributed by atoms with Crippen molar-refractivity contribution in [3.05, 3.63) is 63.5 Å². The van der Waals surface area contributed by atoms with Crippen molar-refractivity contribution in [2.24, 2.45) is 5.11 Å². The molecule has 0 spiro atoms. The summed E-state index contributed by atoms with van der Waals surface area (Å²) in [6.07, 6.45) is 0.744. The fraction of sp³-hybridized carbons (Fsp3) is 0.294. The molecule has 2 aromatic rings. The quantitative estimate of drug-likeness (QED) is 0.460. The molecule has 0 bridgehead atoms. The Kier molecular flexibility index (Phi) is 3.55. The van der Waals surface area contributed by atoms with Crippen molar-refractivity contribution in [3.63, 3.8) is 0 Å². The molecule has 0 saturated carbocycles. The third kappa shape index (κ3) is 2.46. The maximum atomic E-state index is 8.45. The lowest BCUT2D eigenvalue weighted by Crippen LogP contribution is -2.16. The number of benzene rings is 2. The summed E-state index contributed by atoms with van der Waals surface area (Å²) in [6.45, 7) is 4.61. The van der Waals surface area contributed by atoms with Crippen LogP contribution in [0.2, 0.25) is 0 Å². The first-order valence-corrected chi connectivity index (χ1v) is 7.06. The molecule has 0 aliphatic carbocycles. The van der Waals surface area contributed by atoms with Crippen LogP contribution in [0, 0.1) is 13.8 Å². The minimum Gasteiger partial charge on any atom is -0.489 e. The Morgan fingerprint density at radius 1 is 1.19 bits per heavy atom. The van der Waals surface area contributed by atoms with Crippen LogP contribution >= 0.6 is 0 Å². The first kappa shape index (κ1) is 13.5. The molecule has 0 N–H and O–H groups in total. The van der Waals surface area contributed by atoms with E-state index in [0.29, 0.717) is 6.54 Å². The van der Waals surface area contributed by atoms with Crippen molar-refractivity contribution in [2.75, 3.05) is 6.54 Å². The Labute approximate surface area is 124 Å². The van der Waals surface area contributed by atoms with Crippen molar-refractivity contribution in [3.8, 4) is 16.9 Å². The van der Waals surface area contributed by atoms with E-state index in [9.17, 15) is 0 Å². The fourth-order valence-electron chi connectivity index (χ4n) is 3.00. The monoisotopic (exact) mass is 279 g/mol. The average Bonchev–Trinajstić information content (AvgIpc) is 2.88. The van der Waals surface area contributed by atoms with Crippen molar-refractivity contribution in [1.82, 2.24) is 0 Å². The number of hydrogen-bond acceptors (Lipinski definition) is 2. The Bertz CT molecular complexity index is 713. The van der Waals surface area contributed by atoms with E-state index < -0.39 is 0 Å². The average molecular weight is 279 g/mol. The van der Waals surface area contributed by atoms with Gasteiger partial charge in [0.2, 0.25) is 0 Å². The van der Waals surface area contributed by atoms with Gasteiger partial charge in [0.05, 0.1) is 6.54 Å². The summed E-state index contributed by atoms with van der Waals surface area (Å²) in [7, 11) is 0. The molecule has 1 atom stereocenters. The number of nitrogens with zero attached hydrogens (tertiary/aromatic N) is 3. The summed E-state index contributed by atoms with van der Waals surface area (Å²) in [5.41, 5.74) is 14.5. The second kappa shape index (κ2) is 5.51. The SMILES string of the molecule is Cc1cccc(C)c1-c1cccc2c1OC(CN=[N+]=[N-])C2. The lowest BCUT2D eigenvalue weighted by molar-refractivity contribution is 0.242. The zero-order valence-electron chi connectivity index (χ0n) is 12.2. The number of ether oxygens (including phenoxy) is 1. The van der Waals surface area contributed by atoms with Crippen LogP contribution in [0.15, 0.2) is 41.5 Å². The highest BCUT2D eigenvalue weighted by Crippen LogP contribution is 2.41. The molecule has 3 rings (SSSR count). The van der Waals surface area contributed by atoms with Gasteiger partial charge in [-0.2, -0.15) is 0 Å². The van der Waals surface area contributed by atoms with Gasteiger partial charge in [-0.15, -0.1) is 0 Å². The molecule has 0 aromatic heterocycles. The van der Waals surface area contributed by atoms with E-state index >= 15 is 0 Å². The molecule has 4 heteroatoms. The molecule has 4 nitrogen and oxygen atoms in total. The molecule has 0 radical (unpaired) electrons. The van der Waals surface area contributed by atoms with Crippen molar-refractivity contribution in [1.29, 1.82) is 0 Å². The van der Waals surface area contributed by atoms with E-state index in [1.807, 2.05) is 0 Å². The van der Waals surface area contributed by atoms with E-state index in [-0.39, 0.29) is 6.10 Å². The maximum absolute atomic E-state index is 8.45. The van der Waals surface area contributed by atoms with Gasteiger partial charge in [0.1, 0.15) is 11.9 Å². The first-order valence-electron chi connectivity index (χ1n) is 7.06. The summed E-state index contributed by atoms with van der Waals surface area (Å²) in [6, 6.07) is 12.6. The number of azide groups is 1. The smallest absolute Gasteiger partial charge is 0.130 e. The summed E-state index contributed by atoms with van der Waals surface area (Å²) < 4.78 is 6.04. The number of hydrogen-bond donors (Lipinski definition) is 0. The van der Waals surface area contributed by atoms with Crippen LogP contribution in [0.5, 0.6) is 5.75 Å². The summed E-state index contributed by atoms with van der Waals surface area (Å²) in [5.74, 6) is 0.938. The standard InChI is InChI=1S/C17H17N3O/c1-11-5-3-6-12(2)16(11)15-8-4-7-13-9-14(10-19-20-18)21-17(13)15/h3-8,14H,9-10H2,1-2H3. The predicted octanol–water partition coefficient (Wildman–Crippen LogP) is 4.58. The molecule has 2 aromatic carbocycles. The Balaban J connectivity index is 2.05. The van der Waals surface area contributed by atoms with E-state index in [0.717, 1.165) is 17.7 Å². The van der Waals surface area contributed by atoms with E-state index in [1.54, 1.807) is 0 Å². The number of fused-ring (bicyclic) bond motifs is 1. The van der Waals surface area contributed by atoms with Gasteiger partial charge >= 0.3 is 0 Å². The molecule has 1 aliphatic heterocycles. The number of aryl methyl sites for hydroxylation is 2. The molecule has 106 valence electrons. The Morgan fingerprint density at radius 3 is 2.62 bits per heavy atom. The molecule has 0 saturated heterocycles. The largest absolute Gasteiger partial charge is 0.489 e. The fourth-order valence-corrected chi connectivity index (χ4v) is 3.00. The molecular formula is C17H17N3O. The molecule has 0 amide bonds. The normalized spacial score (nSPS) is 16.0. The van der Waals surface area contributed by atoms with Crippen LogP contribution in [0.3, 0.4) is 0 Å². The minimum atomic E-state index is -0.0543. The van der Waals surface area contributed by atoms with Crippen molar-refractivity contribution >= 4 is 0 Å². The van der Waals surface area contributed by atoms with Gasteiger partial charge in [-0.3, -0.25) is 0 Å². The van der Waals surface area contributed by atoms with Gasteiger partial charge in [0, 0.05) is 16.9 Å². The van der Waals surface area contributed by atoms with Crippen LogP contribution in [-0.2, 0) is 6.42 Å². The lowest BCUT2D eigenvalue weighted by atomic mass is 9.93. The van der Waals surface area contributed by atoms with Crippen molar-refractivity contribution in [2.45, 2.75) is 26.4 Å². The molecule has 21 heavy (non-hydrogen) atoms. The molecule has 1 heterocycles. The third-order valence-electron chi connectivity index (χ3n) is 3.93. The lowest BCUT2D eigenvalue weighted by Gasteiger charge is -2.14. The summed E-state index contributed by atoms with van der Waals surface area (Å²) in [5, 5.41) is 3.63. The topological polar surface area (TPSA) is 58.0 Å². The first-order chi connectivity index (χ1) is 10.2. The van der Waals surface area contributed by atoms with E-state index in [2.05, 4.69) is 60.3 Å². The summed E-state index contributed by atoms with van der Waals surface area (Å²) >= 11 is 0. The molecule has 1 aliphatic rings. The van der Waals surface area contributed by atoms with Gasteiger partial charge in [-0.05, 0) is 41.6 Å². The Hall–Kier alpha value is -2.45. The zero-order valence-corrected chi connectivity index (χ0v) is 12.2. The second-order valence-electron chi connectivity index (χ2n) is 5.42. The highest BCUT2D eigenvalue weighted by molar-refractivity contribution is 5.78. The Morgan fingerprint density at radius 2 is 1.90 bits per heavy atom. The van der Waals surface area contributed by atoms with Gasteiger partial charge in [0.15, 0.2) is 0 Å². The van der Waals surface area contributed by atoms with Crippen molar-refractivity contribution < 1.29 is 4.74 Å². The highest BCUT2D eigenvalue weighted by Gasteiger charge is 2.25. The number of rotatable bonds is 3. The predicted molar refractivity (Wildman–Crippen MR) is 83.5 cm³/mol. The van der Waals surface area contributed by atoms with Crippen LogP contribution < -0.4 is 4.74 Å². The third-order valence-corrected chi connectivity index (χ3v) is 3.93.